The van der Waals surface area contributed by atoms with Crippen LogP contribution in [0.2, 0.25) is 0 Å². The van der Waals surface area contributed by atoms with E-state index < -0.39 is 17.7 Å². The molecule has 3 aliphatic rings. The number of rotatable bonds is 5. The number of aromatic hydroxyl groups is 1. The number of Topliss-reactive ketones (excluding diaryl/α,β-unsaturated/α-hetero) is 1. The zero-order valence-corrected chi connectivity index (χ0v) is 18.7. The number of phenols is 1. The number of nitrogens with zero attached hydrogens (tertiary/aromatic N) is 1. The van der Waals surface area contributed by atoms with Gasteiger partial charge in [0.1, 0.15) is 19.0 Å². The fourth-order valence-corrected chi connectivity index (χ4v) is 4.63. The molecule has 2 N–H and O–H groups in total. The van der Waals surface area contributed by atoms with Crippen molar-refractivity contribution in [3.05, 3.63) is 53.1 Å². The van der Waals surface area contributed by atoms with E-state index in [-0.39, 0.29) is 35.5 Å². The molecule has 2 unspecified atom stereocenters. The molecule has 178 valence electrons. The molecule has 2 aromatic carbocycles. The summed E-state index contributed by atoms with van der Waals surface area (Å²) in [6, 6.07) is 8.58. The summed E-state index contributed by atoms with van der Waals surface area (Å²) in [5, 5.41) is 21.3. The quantitative estimate of drug-likeness (QED) is 0.392. The van der Waals surface area contributed by atoms with Crippen molar-refractivity contribution in [3.63, 3.8) is 0 Å². The zero-order valence-electron chi connectivity index (χ0n) is 18.7. The summed E-state index contributed by atoms with van der Waals surface area (Å²) in [5.41, 5.74) is 0.800. The Morgan fingerprint density at radius 1 is 1.09 bits per heavy atom. The maximum atomic E-state index is 13.2. The van der Waals surface area contributed by atoms with Crippen molar-refractivity contribution >= 4 is 17.4 Å². The van der Waals surface area contributed by atoms with Gasteiger partial charge in [0.15, 0.2) is 23.0 Å². The summed E-state index contributed by atoms with van der Waals surface area (Å²) >= 11 is 0. The van der Waals surface area contributed by atoms with E-state index in [1.807, 2.05) is 0 Å². The Labute approximate surface area is 196 Å². The van der Waals surface area contributed by atoms with Gasteiger partial charge in [-0.1, -0.05) is 6.07 Å². The van der Waals surface area contributed by atoms with Gasteiger partial charge >= 0.3 is 0 Å². The standard InChI is InChI=1S/C25H25NO8/c1-31-19-11-14(4-6-17(19)27)22-21(24(29)25(30)26(22)13-16-3-2-8-32-16)23(28)15-5-7-18-20(12-15)34-10-9-33-18/h4-7,11-12,16,22,27-28H,2-3,8-10,13H2,1H3. The van der Waals surface area contributed by atoms with Crippen molar-refractivity contribution in [2.45, 2.75) is 25.0 Å². The topological polar surface area (TPSA) is 115 Å². The molecule has 3 heterocycles. The third-order valence-electron chi connectivity index (χ3n) is 6.30. The Hall–Kier alpha value is -3.72. The van der Waals surface area contributed by atoms with Crippen LogP contribution in [0.4, 0.5) is 0 Å². The van der Waals surface area contributed by atoms with Crippen molar-refractivity contribution in [1.29, 1.82) is 0 Å². The van der Waals surface area contributed by atoms with E-state index in [1.54, 1.807) is 30.3 Å². The lowest BCUT2D eigenvalue weighted by Crippen LogP contribution is -2.36. The largest absolute Gasteiger partial charge is 0.507 e. The molecule has 9 nitrogen and oxygen atoms in total. The molecule has 2 aromatic rings. The first-order valence-corrected chi connectivity index (χ1v) is 11.1. The normalized spacial score (nSPS) is 23.4. The molecular weight excluding hydrogens is 442 g/mol. The first kappa shape index (κ1) is 22.1. The minimum Gasteiger partial charge on any atom is -0.507 e. The summed E-state index contributed by atoms with van der Waals surface area (Å²) < 4.78 is 22.1. The minimum absolute atomic E-state index is 0.0487. The summed E-state index contributed by atoms with van der Waals surface area (Å²) in [5.74, 6) is -0.710. The molecule has 0 aliphatic carbocycles. The van der Waals surface area contributed by atoms with Gasteiger partial charge in [0.25, 0.3) is 11.7 Å². The number of amides is 1. The molecule has 0 bridgehead atoms. The number of aliphatic hydroxyl groups excluding tert-OH is 1. The number of carbonyl (C=O) groups excluding carboxylic acids is 2. The lowest BCUT2D eigenvalue weighted by molar-refractivity contribution is -0.140. The Morgan fingerprint density at radius 2 is 1.88 bits per heavy atom. The highest BCUT2D eigenvalue weighted by Gasteiger charge is 2.47. The number of hydrogen-bond donors (Lipinski definition) is 2. The van der Waals surface area contributed by atoms with Crippen molar-refractivity contribution in [3.8, 4) is 23.0 Å². The first-order chi connectivity index (χ1) is 16.5. The van der Waals surface area contributed by atoms with Crippen molar-refractivity contribution in [2.24, 2.45) is 0 Å². The number of likely N-dealkylation sites (tertiary alicyclic amines) is 1. The van der Waals surface area contributed by atoms with E-state index in [1.165, 1.54) is 18.1 Å². The van der Waals surface area contributed by atoms with E-state index in [4.69, 9.17) is 18.9 Å². The van der Waals surface area contributed by atoms with Crippen molar-refractivity contribution in [1.82, 2.24) is 4.90 Å². The van der Waals surface area contributed by atoms with Crippen LogP contribution in [0.15, 0.2) is 42.0 Å². The van der Waals surface area contributed by atoms with Crippen LogP contribution in [-0.4, -0.2) is 66.4 Å². The molecule has 34 heavy (non-hydrogen) atoms. The van der Waals surface area contributed by atoms with E-state index >= 15 is 0 Å². The van der Waals surface area contributed by atoms with Gasteiger partial charge < -0.3 is 34.1 Å². The molecule has 0 spiro atoms. The Morgan fingerprint density at radius 3 is 2.62 bits per heavy atom. The third kappa shape index (κ3) is 3.81. The molecule has 0 saturated carbocycles. The van der Waals surface area contributed by atoms with E-state index in [9.17, 15) is 19.8 Å². The maximum absolute atomic E-state index is 13.2. The van der Waals surface area contributed by atoms with Crippen LogP contribution in [0.5, 0.6) is 23.0 Å². The van der Waals surface area contributed by atoms with Crippen LogP contribution in [0.25, 0.3) is 5.76 Å². The number of ether oxygens (including phenoxy) is 4. The smallest absolute Gasteiger partial charge is 0.295 e. The molecular formula is C25H25NO8. The Balaban J connectivity index is 1.62. The molecule has 1 amide bonds. The first-order valence-electron chi connectivity index (χ1n) is 11.1. The molecule has 3 aliphatic heterocycles. The zero-order chi connectivity index (χ0) is 23.8. The molecule has 2 fully saturated rings. The summed E-state index contributed by atoms with van der Waals surface area (Å²) in [6.07, 6.45) is 1.45. The molecule has 9 heteroatoms. The maximum Gasteiger partial charge on any atom is 0.295 e. The third-order valence-corrected chi connectivity index (χ3v) is 6.30. The lowest BCUT2D eigenvalue weighted by atomic mass is 9.94. The Kier molecular flexibility index (Phi) is 5.79. The van der Waals surface area contributed by atoms with Crippen LogP contribution in [-0.2, 0) is 14.3 Å². The number of hydrogen-bond acceptors (Lipinski definition) is 8. The SMILES string of the molecule is COc1cc(C2C(=C(O)c3ccc4c(c3)OCCO4)C(=O)C(=O)N2CC2CCCO2)ccc1O. The van der Waals surface area contributed by atoms with Crippen LogP contribution in [0, 0.1) is 0 Å². The highest BCUT2D eigenvalue weighted by molar-refractivity contribution is 6.46. The Bertz CT molecular complexity index is 1170. The van der Waals surface area contributed by atoms with Gasteiger partial charge in [-0.05, 0) is 48.7 Å². The number of benzene rings is 2. The average molecular weight is 467 g/mol. The van der Waals surface area contributed by atoms with Gasteiger partial charge in [-0.15, -0.1) is 0 Å². The molecule has 0 aromatic heterocycles. The molecule has 0 radical (unpaired) electrons. The average Bonchev–Trinajstić information content (AvgIpc) is 3.46. The van der Waals surface area contributed by atoms with E-state index in [2.05, 4.69) is 0 Å². The lowest BCUT2D eigenvalue weighted by Gasteiger charge is -2.28. The number of fused-ring (bicyclic) bond motifs is 1. The van der Waals surface area contributed by atoms with Crippen LogP contribution < -0.4 is 14.2 Å². The minimum atomic E-state index is -0.882. The number of methoxy groups -OCH3 is 1. The van der Waals surface area contributed by atoms with Gasteiger partial charge in [0, 0.05) is 18.7 Å². The van der Waals surface area contributed by atoms with Gasteiger partial charge in [0.2, 0.25) is 0 Å². The second-order valence-corrected chi connectivity index (χ2v) is 8.38. The van der Waals surface area contributed by atoms with Crippen LogP contribution >= 0.6 is 0 Å². The highest BCUT2D eigenvalue weighted by atomic mass is 16.6. The van der Waals surface area contributed by atoms with Crippen LogP contribution in [0.1, 0.15) is 30.0 Å². The monoisotopic (exact) mass is 467 g/mol. The summed E-state index contributed by atoms with van der Waals surface area (Å²) in [6.45, 7) is 1.60. The number of phenolic OH excluding ortho intramolecular Hbond substituents is 1. The van der Waals surface area contributed by atoms with E-state index in [0.29, 0.717) is 42.4 Å². The van der Waals surface area contributed by atoms with Crippen molar-refractivity contribution < 1.29 is 38.7 Å². The van der Waals surface area contributed by atoms with E-state index in [0.717, 1.165) is 12.8 Å². The van der Waals surface area contributed by atoms with Gasteiger partial charge in [0.05, 0.1) is 24.8 Å². The second-order valence-electron chi connectivity index (χ2n) is 8.38. The fraction of sp³-hybridized carbons (Fsp3) is 0.360. The number of aliphatic hydroxyl groups is 1. The number of ketones is 1. The van der Waals surface area contributed by atoms with Crippen LogP contribution in [0.3, 0.4) is 0 Å². The fourth-order valence-electron chi connectivity index (χ4n) is 4.63. The molecule has 2 saturated heterocycles. The summed E-state index contributed by atoms with van der Waals surface area (Å²) in [4.78, 5) is 27.8. The van der Waals surface area contributed by atoms with Crippen molar-refractivity contribution in [2.75, 3.05) is 33.5 Å². The highest BCUT2D eigenvalue weighted by Crippen LogP contribution is 2.43. The van der Waals surface area contributed by atoms with Gasteiger partial charge in [-0.25, -0.2) is 0 Å². The second kappa shape index (κ2) is 8.90. The number of carbonyl (C=O) groups is 2. The molecule has 2 atom stereocenters. The summed E-state index contributed by atoms with van der Waals surface area (Å²) in [7, 11) is 1.41. The predicted octanol–water partition coefficient (Wildman–Crippen LogP) is 2.77. The van der Waals surface area contributed by atoms with Gasteiger partial charge in [-0.2, -0.15) is 0 Å². The molecule has 5 rings (SSSR count). The predicted molar refractivity (Wildman–Crippen MR) is 120 cm³/mol. The van der Waals surface area contributed by atoms with Gasteiger partial charge in [-0.3, -0.25) is 9.59 Å².